The van der Waals surface area contributed by atoms with Gasteiger partial charge in [-0.2, -0.15) is 12.6 Å². The number of benzene rings is 1. The van der Waals surface area contributed by atoms with Crippen molar-refractivity contribution in [2.45, 2.75) is 6.42 Å². The summed E-state index contributed by atoms with van der Waals surface area (Å²) in [4.78, 5) is 13.7. The van der Waals surface area contributed by atoms with Gasteiger partial charge in [0.1, 0.15) is 5.75 Å². The molecule has 3 nitrogen and oxygen atoms in total. The second-order valence-corrected chi connectivity index (χ2v) is 5.30. The smallest absolute Gasteiger partial charge is 0.227 e. The molecule has 1 atom stereocenters. The molecule has 1 fully saturated rings. The number of hydrogen-bond donors (Lipinski definition) is 1. The lowest BCUT2D eigenvalue weighted by molar-refractivity contribution is -0.117. The summed E-state index contributed by atoms with van der Waals surface area (Å²) in [5, 5.41) is 0. The van der Waals surface area contributed by atoms with Crippen LogP contribution in [0.3, 0.4) is 0 Å². The van der Waals surface area contributed by atoms with Gasteiger partial charge >= 0.3 is 0 Å². The molecule has 0 radical (unpaired) electrons. The normalized spacial score (nSPS) is 19.8. The lowest BCUT2D eigenvalue weighted by atomic mass is 10.1. The molecule has 1 aromatic carbocycles. The van der Waals surface area contributed by atoms with Gasteiger partial charge in [-0.3, -0.25) is 4.79 Å². The summed E-state index contributed by atoms with van der Waals surface area (Å²) in [5.74, 6) is 1.99. The third kappa shape index (κ3) is 2.60. The molecule has 5 heteroatoms. The summed E-state index contributed by atoms with van der Waals surface area (Å²) in [7, 11) is 1.62. The zero-order valence-electron chi connectivity index (χ0n) is 9.52. The molecule has 0 N–H and O–H groups in total. The van der Waals surface area contributed by atoms with E-state index in [4.69, 9.17) is 4.74 Å². The molecular weight excluding hydrogens is 302 g/mol. The first kappa shape index (κ1) is 12.8. The minimum absolute atomic E-state index is 0.161. The van der Waals surface area contributed by atoms with Gasteiger partial charge in [-0.25, -0.2) is 0 Å². The van der Waals surface area contributed by atoms with E-state index < -0.39 is 0 Å². The maximum atomic E-state index is 11.9. The van der Waals surface area contributed by atoms with Crippen molar-refractivity contribution in [1.82, 2.24) is 0 Å². The monoisotopic (exact) mass is 315 g/mol. The van der Waals surface area contributed by atoms with Crippen molar-refractivity contribution in [2.24, 2.45) is 5.92 Å². The molecular formula is C12H14BrNO2S. The average molecular weight is 316 g/mol. The number of halogens is 1. The summed E-state index contributed by atoms with van der Waals surface area (Å²) in [6, 6.07) is 5.70. The lowest BCUT2D eigenvalue weighted by Gasteiger charge is -2.17. The zero-order valence-corrected chi connectivity index (χ0v) is 12.0. The third-order valence-corrected chi connectivity index (χ3v) is 4.08. The standard InChI is InChI=1S/C12H14BrNO2S/c1-16-11-5-9(2-3-10(11)13)14-6-8(7-17)4-12(14)15/h2-3,5,8,17H,4,6-7H2,1H3. The second-order valence-electron chi connectivity index (χ2n) is 4.08. The first-order valence-electron chi connectivity index (χ1n) is 5.40. The van der Waals surface area contributed by atoms with Crippen LogP contribution < -0.4 is 9.64 Å². The van der Waals surface area contributed by atoms with Crippen LogP contribution in [-0.4, -0.2) is 25.3 Å². The van der Waals surface area contributed by atoms with Crippen LogP contribution in [0.1, 0.15) is 6.42 Å². The largest absolute Gasteiger partial charge is 0.495 e. The van der Waals surface area contributed by atoms with Crippen LogP contribution in [0.2, 0.25) is 0 Å². The Morgan fingerprint density at radius 1 is 1.59 bits per heavy atom. The van der Waals surface area contributed by atoms with E-state index in [1.165, 1.54) is 0 Å². The zero-order chi connectivity index (χ0) is 12.4. The number of ether oxygens (including phenoxy) is 1. The molecule has 1 aliphatic heterocycles. The Hall–Kier alpha value is -0.680. The fourth-order valence-corrected chi connectivity index (χ4v) is 2.62. The van der Waals surface area contributed by atoms with Crippen LogP contribution in [0.25, 0.3) is 0 Å². The maximum Gasteiger partial charge on any atom is 0.227 e. The van der Waals surface area contributed by atoms with Crippen molar-refractivity contribution < 1.29 is 9.53 Å². The van der Waals surface area contributed by atoms with E-state index >= 15 is 0 Å². The van der Waals surface area contributed by atoms with Gasteiger partial charge in [-0.1, -0.05) is 0 Å². The summed E-state index contributed by atoms with van der Waals surface area (Å²) < 4.78 is 6.12. The van der Waals surface area contributed by atoms with Crippen LogP contribution in [-0.2, 0) is 4.79 Å². The quantitative estimate of drug-likeness (QED) is 0.869. The Bertz CT molecular complexity index is 439. The summed E-state index contributed by atoms with van der Waals surface area (Å²) in [5.41, 5.74) is 0.888. The van der Waals surface area contributed by atoms with E-state index in [-0.39, 0.29) is 5.91 Å². The number of rotatable bonds is 3. The Morgan fingerprint density at radius 3 is 2.94 bits per heavy atom. The topological polar surface area (TPSA) is 29.5 Å². The first-order valence-corrected chi connectivity index (χ1v) is 6.83. The summed E-state index contributed by atoms with van der Waals surface area (Å²) >= 11 is 7.65. The molecule has 1 unspecified atom stereocenters. The molecule has 1 aromatic rings. The highest BCUT2D eigenvalue weighted by Gasteiger charge is 2.29. The molecule has 0 aliphatic carbocycles. The molecule has 1 amide bonds. The van der Waals surface area contributed by atoms with Gasteiger partial charge in [-0.05, 0) is 39.7 Å². The number of carbonyl (C=O) groups excluding carboxylic acids is 1. The molecule has 17 heavy (non-hydrogen) atoms. The Balaban J connectivity index is 2.26. The van der Waals surface area contributed by atoms with E-state index in [2.05, 4.69) is 28.6 Å². The number of hydrogen-bond acceptors (Lipinski definition) is 3. The van der Waals surface area contributed by atoms with Crippen molar-refractivity contribution in [3.8, 4) is 5.75 Å². The molecule has 92 valence electrons. The molecule has 0 aromatic heterocycles. The predicted molar refractivity (Wildman–Crippen MR) is 75.0 cm³/mol. The maximum absolute atomic E-state index is 11.9. The average Bonchev–Trinajstić information content (AvgIpc) is 2.71. The number of nitrogens with zero attached hydrogens (tertiary/aromatic N) is 1. The minimum atomic E-state index is 0.161. The van der Waals surface area contributed by atoms with E-state index in [0.717, 1.165) is 28.2 Å². The second kappa shape index (κ2) is 5.31. The van der Waals surface area contributed by atoms with Gasteiger partial charge < -0.3 is 9.64 Å². The summed E-state index contributed by atoms with van der Waals surface area (Å²) in [6.45, 7) is 0.743. The van der Waals surface area contributed by atoms with Crippen molar-refractivity contribution in [3.63, 3.8) is 0 Å². The van der Waals surface area contributed by atoms with Crippen LogP contribution in [0.5, 0.6) is 5.75 Å². The van der Waals surface area contributed by atoms with E-state index in [0.29, 0.717) is 12.3 Å². The van der Waals surface area contributed by atoms with Gasteiger partial charge in [0.05, 0.1) is 11.6 Å². The Morgan fingerprint density at radius 2 is 2.35 bits per heavy atom. The van der Waals surface area contributed by atoms with Crippen molar-refractivity contribution in [3.05, 3.63) is 22.7 Å². The molecule has 0 spiro atoms. The molecule has 0 saturated carbocycles. The molecule has 2 rings (SSSR count). The van der Waals surface area contributed by atoms with Gasteiger partial charge in [0, 0.05) is 24.7 Å². The molecule has 1 heterocycles. The molecule has 1 saturated heterocycles. The highest BCUT2D eigenvalue weighted by molar-refractivity contribution is 9.10. The third-order valence-electron chi connectivity index (χ3n) is 2.91. The first-order chi connectivity index (χ1) is 8.15. The van der Waals surface area contributed by atoms with Gasteiger partial charge in [0.25, 0.3) is 0 Å². The molecule has 0 bridgehead atoms. The fourth-order valence-electron chi connectivity index (χ4n) is 1.97. The van der Waals surface area contributed by atoms with Gasteiger partial charge in [0.15, 0.2) is 0 Å². The predicted octanol–water partition coefficient (Wildman–Crippen LogP) is 2.74. The van der Waals surface area contributed by atoms with Crippen molar-refractivity contribution in [2.75, 3.05) is 24.3 Å². The van der Waals surface area contributed by atoms with E-state index in [9.17, 15) is 4.79 Å². The van der Waals surface area contributed by atoms with Gasteiger partial charge in [-0.15, -0.1) is 0 Å². The van der Waals surface area contributed by atoms with Crippen molar-refractivity contribution in [1.29, 1.82) is 0 Å². The lowest BCUT2D eigenvalue weighted by Crippen LogP contribution is -2.24. The Kier molecular flexibility index (Phi) is 3.99. The highest BCUT2D eigenvalue weighted by Crippen LogP contribution is 2.32. The Labute approximate surface area is 115 Å². The number of amides is 1. The number of methoxy groups -OCH3 is 1. The van der Waals surface area contributed by atoms with Crippen molar-refractivity contribution >= 4 is 40.2 Å². The van der Waals surface area contributed by atoms with Crippen LogP contribution in [0.4, 0.5) is 5.69 Å². The fraction of sp³-hybridized carbons (Fsp3) is 0.417. The van der Waals surface area contributed by atoms with Crippen LogP contribution in [0.15, 0.2) is 22.7 Å². The SMILES string of the molecule is COc1cc(N2CC(CS)CC2=O)ccc1Br. The minimum Gasteiger partial charge on any atom is -0.495 e. The number of carbonyl (C=O) groups is 1. The van der Waals surface area contributed by atoms with E-state index in [1.807, 2.05) is 18.2 Å². The van der Waals surface area contributed by atoms with E-state index in [1.54, 1.807) is 12.0 Å². The number of anilines is 1. The van der Waals surface area contributed by atoms with Crippen LogP contribution in [0, 0.1) is 5.92 Å². The van der Waals surface area contributed by atoms with Gasteiger partial charge in [0.2, 0.25) is 5.91 Å². The highest BCUT2D eigenvalue weighted by atomic mass is 79.9. The number of thiol groups is 1. The van der Waals surface area contributed by atoms with Crippen LogP contribution >= 0.6 is 28.6 Å². The molecule has 1 aliphatic rings. The summed E-state index contributed by atoms with van der Waals surface area (Å²) in [6.07, 6.45) is 0.585.